The predicted molar refractivity (Wildman–Crippen MR) is 81.2 cm³/mol. The van der Waals surface area contributed by atoms with Crippen LogP contribution in [-0.2, 0) is 16.1 Å². The average molecular weight is 302 g/mol. The quantitative estimate of drug-likeness (QED) is 0.762. The highest BCUT2D eigenvalue weighted by atomic mass is 16.4. The van der Waals surface area contributed by atoms with Crippen LogP contribution in [0, 0.1) is 0 Å². The smallest absolute Gasteiger partial charge is 0.328 e. The molecule has 1 saturated heterocycles. The second-order valence-corrected chi connectivity index (χ2v) is 5.69. The Kier molecular flexibility index (Phi) is 3.91. The number of anilines is 1. The number of carbonyl (C=O) groups excluding carboxylic acids is 1. The van der Waals surface area contributed by atoms with E-state index in [1.807, 2.05) is 13.1 Å². The number of hydrogen-bond acceptors (Lipinski definition) is 5. The Hall–Kier alpha value is -2.25. The number of carbonyl (C=O) groups is 2. The minimum atomic E-state index is -0.998. The molecule has 2 aliphatic heterocycles. The average Bonchev–Trinajstić information content (AvgIpc) is 2.61. The highest BCUT2D eigenvalue weighted by Crippen LogP contribution is 2.24. The van der Waals surface area contributed by atoms with Crippen LogP contribution in [0.25, 0.3) is 6.08 Å². The minimum Gasteiger partial charge on any atom is -0.478 e. The summed E-state index contributed by atoms with van der Waals surface area (Å²) in [6.45, 7) is 3.08. The highest BCUT2D eigenvalue weighted by Gasteiger charge is 2.34. The van der Waals surface area contributed by atoms with Gasteiger partial charge in [0.05, 0.1) is 0 Å². The molecule has 2 aliphatic rings. The summed E-state index contributed by atoms with van der Waals surface area (Å²) in [6, 6.07) is 1.70. The van der Waals surface area contributed by atoms with Crippen LogP contribution in [0.3, 0.4) is 0 Å². The number of carboxylic acid groups (broad SMARTS) is 1. The first kappa shape index (κ1) is 14.7. The molecule has 7 nitrogen and oxygen atoms in total. The SMILES string of the molecule is CN1CCN2Cc3cc(/C=C/C(=O)O)cnc3NC(=O)C2C1. The molecule has 0 aromatic carbocycles. The van der Waals surface area contributed by atoms with Crippen LogP contribution in [0.5, 0.6) is 0 Å². The summed E-state index contributed by atoms with van der Waals surface area (Å²) in [5.41, 5.74) is 1.62. The molecule has 22 heavy (non-hydrogen) atoms. The molecule has 2 N–H and O–H groups in total. The summed E-state index contributed by atoms with van der Waals surface area (Å²) in [5, 5.41) is 11.6. The highest BCUT2D eigenvalue weighted by molar-refractivity contribution is 5.95. The third-order valence-electron chi connectivity index (χ3n) is 4.02. The van der Waals surface area contributed by atoms with E-state index >= 15 is 0 Å². The number of aromatic nitrogens is 1. The zero-order valence-electron chi connectivity index (χ0n) is 12.3. The summed E-state index contributed by atoms with van der Waals surface area (Å²) in [5.74, 6) is -0.469. The lowest BCUT2D eigenvalue weighted by atomic mass is 10.1. The van der Waals surface area contributed by atoms with Gasteiger partial charge in [0.15, 0.2) is 0 Å². The second-order valence-electron chi connectivity index (χ2n) is 5.69. The summed E-state index contributed by atoms with van der Waals surface area (Å²) < 4.78 is 0. The third kappa shape index (κ3) is 3.00. The largest absolute Gasteiger partial charge is 0.478 e. The molecule has 1 aromatic heterocycles. The van der Waals surface area contributed by atoms with Gasteiger partial charge in [0.25, 0.3) is 0 Å². The molecular weight excluding hydrogens is 284 g/mol. The van der Waals surface area contributed by atoms with Crippen LogP contribution in [0.15, 0.2) is 18.3 Å². The fourth-order valence-electron chi connectivity index (χ4n) is 2.83. The Labute approximate surface area is 128 Å². The van der Waals surface area contributed by atoms with Crippen LogP contribution >= 0.6 is 0 Å². The standard InChI is InChI=1S/C15H18N4O3/c1-18-4-5-19-8-11-6-10(2-3-13(20)21)7-16-14(11)17-15(22)12(19)9-18/h2-3,6-7,12H,4-5,8-9H2,1H3,(H,20,21)(H,16,17,22)/b3-2+. The van der Waals surface area contributed by atoms with Crippen molar-refractivity contribution in [2.24, 2.45) is 0 Å². The molecule has 0 spiro atoms. The number of rotatable bonds is 2. The van der Waals surface area contributed by atoms with Crippen LogP contribution in [0.2, 0.25) is 0 Å². The molecule has 1 amide bonds. The van der Waals surface area contributed by atoms with Crippen LogP contribution in [0.4, 0.5) is 5.82 Å². The summed E-state index contributed by atoms with van der Waals surface area (Å²) in [4.78, 5) is 31.5. The Bertz CT molecular complexity index is 644. The van der Waals surface area contributed by atoms with Crippen molar-refractivity contribution < 1.29 is 14.7 Å². The van der Waals surface area contributed by atoms with Gasteiger partial charge in [-0.25, -0.2) is 9.78 Å². The van der Waals surface area contributed by atoms with E-state index in [1.165, 1.54) is 6.08 Å². The van der Waals surface area contributed by atoms with Gasteiger partial charge in [-0.3, -0.25) is 9.69 Å². The van der Waals surface area contributed by atoms with E-state index in [0.29, 0.717) is 24.5 Å². The monoisotopic (exact) mass is 302 g/mol. The fourth-order valence-corrected chi connectivity index (χ4v) is 2.83. The molecule has 3 heterocycles. The van der Waals surface area contributed by atoms with E-state index in [-0.39, 0.29) is 11.9 Å². The van der Waals surface area contributed by atoms with E-state index in [0.717, 1.165) is 24.7 Å². The third-order valence-corrected chi connectivity index (χ3v) is 4.02. The molecule has 0 radical (unpaired) electrons. The van der Waals surface area contributed by atoms with Crippen LogP contribution in [-0.4, -0.2) is 64.5 Å². The summed E-state index contributed by atoms with van der Waals surface area (Å²) >= 11 is 0. The first-order valence-electron chi connectivity index (χ1n) is 7.16. The van der Waals surface area contributed by atoms with Crippen molar-refractivity contribution >= 4 is 23.8 Å². The molecule has 0 bridgehead atoms. The van der Waals surface area contributed by atoms with E-state index in [2.05, 4.69) is 20.1 Å². The molecule has 0 aliphatic carbocycles. The maximum atomic E-state index is 12.3. The topological polar surface area (TPSA) is 85.8 Å². The summed E-state index contributed by atoms with van der Waals surface area (Å²) in [7, 11) is 2.01. The van der Waals surface area contributed by atoms with Gasteiger partial charge < -0.3 is 15.3 Å². The van der Waals surface area contributed by atoms with Crippen LogP contribution < -0.4 is 5.32 Å². The van der Waals surface area contributed by atoms with Crippen molar-refractivity contribution in [2.75, 3.05) is 32.0 Å². The van der Waals surface area contributed by atoms with Crippen molar-refractivity contribution in [3.8, 4) is 0 Å². The first-order valence-corrected chi connectivity index (χ1v) is 7.16. The number of amides is 1. The van der Waals surface area contributed by atoms with Crippen molar-refractivity contribution in [2.45, 2.75) is 12.6 Å². The molecule has 1 atom stereocenters. The second kappa shape index (κ2) is 5.86. The van der Waals surface area contributed by atoms with Gasteiger partial charge in [0.2, 0.25) is 5.91 Å². The van der Waals surface area contributed by atoms with Gasteiger partial charge in [-0.2, -0.15) is 0 Å². The molecule has 1 unspecified atom stereocenters. The maximum Gasteiger partial charge on any atom is 0.328 e. The predicted octanol–water partition coefficient (Wildman–Crippen LogP) is 0.247. The Morgan fingerprint density at radius 2 is 2.32 bits per heavy atom. The van der Waals surface area contributed by atoms with Crippen molar-refractivity contribution in [1.29, 1.82) is 0 Å². The molecule has 7 heteroatoms. The van der Waals surface area contributed by atoms with Crippen molar-refractivity contribution in [3.05, 3.63) is 29.5 Å². The lowest BCUT2D eigenvalue weighted by Crippen LogP contribution is -2.55. The van der Waals surface area contributed by atoms with E-state index < -0.39 is 5.97 Å². The summed E-state index contributed by atoms with van der Waals surface area (Å²) in [6.07, 6.45) is 4.15. The van der Waals surface area contributed by atoms with E-state index in [9.17, 15) is 9.59 Å². The number of likely N-dealkylation sites (N-methyl/N-ethyl adjacent to an activating group) is 1. The zero-order valence-corrected chi connectivity index (χ0v) is 12.3. The molecule has 116 valence electrons. The normalized spacial score (nSPS) is 22.8. The van der Waals surface area contributed by atoms with Gasteiger partial charge in [-0.15, -0.1) is 0 Å². The number of pyridine rings is 1. The van der Waals surface area contributed by atoms with Crippen molar-refractivity contribution in [1.82, 2.24) is 14.8 Å². The van der Waals surface area contributed by atoms with E-state index in [1.54, 1.807) is 6.20 Å². The number of fused-ring (bicyclic) bond motifs is 2. The van der Waals surface area contributed by atoms with E-state index in [4.69, 9.17) is 5.11 Å². The van der Waals surface area contributed by atoms with Crippen LogP contribution in [0.1, 0.15) is 11.1 Å². The Balaban J connectivity index is 1.88. The lowest BCUT2D eigenvalue weighted by Gasteiger charge is -2.37. The van der Waals surface area contributed by atoms with Gasteiger partial charge in [-0.1, -0.05) is 0 Å². The Morgan fingerprint density at radius 1 is 1.50 bits per heavy atom. The van der Waals surface area contributed by atoms with Gasteiger partial charge >= 0.3 is 5.97 Å². The fraction of sp³-hybridized carbons (Fsp3) is 0.400. The molecule has 1 aromatic rings. The van der Waals surface area contributed by atoms with Gasteiger partial charge in [0.1, 0.15) is 11.9 Å². The van der Waals surface area contributed by atoms with Gasteiger partial charge in [0, 0.05) is 44.0 Å². The van der Waals surface area contributed by atoms with Crippen molar-refractivity contribution in [3.63, 3.8) is 0 Å². The Morgan fingerprint density at radius 3 is 3.09 bits per heavy atom. The van der Waals surface area contributed by atoms with Gasteiger partial charge in [-0.05, 0) is 24.8 Å². The number of piperazine rings is 1. The number of nitrogens with zero attached hydrogens (tertiary/aromatic N) is 3. The number of hydrogen-bond donors (Lipinski definition) is 2. The molecule has 0 saturated carbocycles. The molecule has 1 fully saturated rings. The number of carboxylic acids is 1. The number of nitrogens with one attached hydrogen (secondary N) is 1. The number of aliphatic carboxylic acids is 1. The first-order chi connectivity index (χ1) is 10.5. The zero-order chi connectivity index (χ0) is 15.7. The molecular formula is C15H18N4O3. The molecule has 3 rings (SSSR count). The lowest BCUT2D eigenvalue weighted by molar-refractivity contribution is -0.131. The minimum absolute atomic E-state index is 0.0355. The maximum absolute atomic E-state index is 12.3.